The van der Waals surface area contributed by atoms with Gasteiger partial charge >= 0.3 is 0 Å². The van der Waals surface area contributed by atoms with Gasteiger partial charge in [-0.15, -0.1) is 10.2 Å². The summed E-state index contributed by atoms with van der Waals surface area (Å²) in [7, 11) is 0. The molecule has 1 aliphatic heterocycles. The number of aryl methyl sites for hydroxylation is 1. The highest BCUT2D eigenvalue weighted by Crippen LogP contribution is 2.28. The number of amides is 1. The Labute approximate surface area is 183 Å². The van der Waals surface area contributed by atoms with E-state index < -0.39 is 5.76 Å². The number of thioether (sulfide) groups is 1. The lowest BCUT2D eigenvalue weighted by Gasteiger charge is -2.13. The second-order valence-electron chi connectivity index (χ2n) is 7.25. The van der Waals surface area contributed by atoms with Crippen molar-refractivity contribution in [2.45, 2.75) is 49.4 Å². The number of rotatable bonds is 7. The maximum Gasteiger partial charge on any atom is 0.288 e. The summed E-state index contributed by atoms with van der Waals surface area (Å²) < 4.78 is 27.1. The van der Waals surface area contributed by atoms with E-state index in [1.54, 1.807) is 42.5 Å². The number of carbonyl (C=O) groups excluding carboxylic acids is 1. The third-order valence-corrected chi connectivity index (χ3v) is 5.85. The molecule has 0 fully saturated rings. The van der Waals surface area contributed by atoms with Crippen LogP contribution in [0.5, 0.6) is 0 Å². The van der Waals surface area contributed by atoms with Gasteiger partial charge in [0.05, 0.1) is 17.8 Å². The Bertz CT molecular complexity index is 1040. The number of benzene rings is 2. The minimum absolute atomic E-state index is 0.223. The van der Waals surface area contributed by atoms with Crippen molar-refractivity contribution in [1.29, 1.82) is 0 Å². The number of aromatic nitrogens is 3. The third kappa shape index (κ3) is 5.41. The van der Waals surface area contributed by atoms with Crippen LogP contribution in [0.1, 0.15) is 41.3 Å². The van der Waals surface area contributed by atoms with E-state index in [-0.39, 0.29) is 5.91 Å². The van der Waals surface area contributed by atoms with E-state index >= 15 is 0 Å². The first-order valence-corrected chi connectivity index (χ1v) is 11.1. The summed E-state index contributed by atoms with van der Waals surface area (Å²) in [5.41, 5.74) is 1.83. The molecule has 6 nitrogen and oxygen atoms in total. The molecule has 0 bridgehead atoms. The normalized spacial score (nSPS) is 13.5. The maximum absolute atomic E-state index is 12.9. The van der Waals surface area contributed by atoms with Crippen molar-refractivity contribution in [3.63, 3.8) is 0 Å². The van der Waals surface area contributed by atoms with Crippen molar-refractivity contribution in [3.8, 4) is 0 Å². The number of carbonyl (C=O) groups is 1. The highest BCUT2D eigenvalue weighted by atomic mass is 32.2. The Morgan fingerprint density at radius 1 is 1.06 bits per heavy atom. The summed E-state index contributed by atoms with van der Waals surface area (Å²) >= 11 is 0.499. The molecule has 2 heterocycles. The predicted octanol–water partition coefficient (Wildman–Crippen LogP) is 4.99. The zero-order chi connectivity index (χ0) is 21.6. The number of hydrogen-bond donors (Lipinski definition) is 2. The van der Waals surface area contributed by atoms with Gasteiger partial charge in [0.15, 0.2) is 5.82 Å². The smallest absolute Gasteiger partial charge is 0.288 e. The minimum Gasteiger partial charge on any atom is -0.355 e. The Morgan fingerprint density at radius 2 is 1.87 bits per heavy atom. The summed E-state index contributed by atoms with van der Waals surface area (Å²) in [5, 5.41) is 14.7. The SMILES string of the molecule is O=C(NCc1nnc2n1CCCCC2)c1ccccc1Nc1ccc(SC(F)F)cc1. The van der Waals surface area contributed by atoms with Gasteiger partial charge in [0.25, 0.3) is 11.7 Å². The van der Waals surface area contributed by atoms with Crippen molar-refractivity contribution in [2.24, 2.45) is 0 Å². The van der Waals surface area contributed by atoms with Crippen LogP contribution >= 0.6 is 11.8 Å². The Morgan fingerprint density at radius 3 is 2.68 bits per heavy atom. The molecule has 0 saturated carbocycles. The highest BCUT2D eigenvalue weighted by Gasteiger charge is 2.17. The Kier molecular flexibility index (Phi) is 6.81. The number of halogens is 2. The highest BCUT2D eigenvalue weighted by molar-refractivity contribution is 7.99. The fraction of sp³-hybridized carbons (Fsp3) is 0.318. The number of hydrogen-bond acceptors (Lipinski definition) is 5. The number of alkyl halides is 2. The summed E-state index contributed by atoms with van der Waals surface area (Å²) in [4.78, 5) is 13.4. The molecular formula is C22H23F2N5OS. The van der Waals surface area contributed by atoms with E-state index in [4.69, 9.17) is 0 Å². The summed E-state index contributed by atoms with van der Waals surface area (Å²) in [6.07, 6.45) is 4.30. The molecule has 0 unspecified atom stereocenters. The van der Waals surface area contributed by atoms with Gasteiger partial charge in [-0.2, -0.15) is 8.78 Å². The number of anilines is 2. The molecule has 31 heavy (non-hydrogen) atoms. The first-order valence-electron chi connectivity index (χ1n) is 10.2. The molecule has 0 radical (unpaired) electrons. The van der Waals surface area contributed by atoms with Crippen LogP contribution in [-0.4, -0.2) is 26.4 Å². The fourth-order valence-corrected chi connectivity index (χ4v) is 4.09. The first-order chi connectivity index (χ1) is 15.1. The van der Waals surface area contributed by atoms with E-state index in [0.717, 1.165) is 37.5 Å². The molecule has 2 N–H and O–H groups in total. The van der Waals surface area contributed by atoms with Gasteiger partial charge in [-0.1, -0.05) is 30.3 Å². The minimum atomic E-state index is -2.46. The number of nitrogens with zero attached hydrogens (tertiary/aromatic N) is 3. The predicted molar refractivity (Wildman–Crippen MR) is 117 cm³/mol. The molecule has 1 aromatic heterocycles. The van der Waals surface area contributed by atoms with Gasteiger partial charge in [-0.3, -0.25) is 4.79 Å². The van der Waals surface area contributed by atoms with Gasteiger partial charge in [0, 0.05) is 23.5 Å². The van der Waals surface area contributed by atoms with Crippen LogP contribution in [0, 0.1) is 0 Å². The number of nitrogens with one attached hydrogen (secondary N) is 2. The topological polar surface area (TPSA) is 71.8 Å². The largest absolute Gasteiger partial charge is 0.355 e. The lowest BCUT2D eigenvalue weighted by molar-refractivity contribution is 0.0950. The molecule has 1 amide bonds. The van der Waals surface area contributed by atoms with Crippen LogP contribution in [0.3, 0.4) is 0 Å². The second-order valence-corrected chi connectivity index (χ2v) is 8.31. The van der Waals surface area contributed by atoms with E-state index in [2.05, 4.69) is 25.4 Å². The van der Waals surface area contributed by atoms with Crippen molar-refractivity contribution >= 4 is 29.0 Å². The average molecular weight is 444 g/mol. The van der Waals surface area contributed by atoms with E-state index in [9.17, 15) is 13.6 Å². The molecular weight excluding hydrogens is 420 g/mol. The summed E-state index contributed by atoms with van der Waals surface area (Å²) in [6.45, 7) is 1.19. The molecule has 2 aromatic carbocycles. The van der Waals surface area contributed by atoms with Crippen LogP contribution in [0.4, 0.5) is 20.2 Å². The second kappa shape index (κ2) is 9.91. The zero-order valence-electron chi connectivity index (χ0n) is 16.9. The van der Waals surface area contributed by atoms with Crippen molar-refractivity contribution in [3.05, 3.63) is 65.7 Å². The van der Waals surface area contributed by atoms with Crippen molar-refractivity contribution in [2.75, 3.05) is 5.32 Å². The lowest BCUT2D eigenvalue weighted by atomic mass is 10.1. The average Bonchev–Trinajstić information content (AvgIpc) is 2.99. The van der Waals surface area contributed by atoms with Gasteiger partial charge in [0.2, 0.25) is 0 Å². The molecule has 0 spiro atoms. The van der Waals surface area contributed by atoms with E-state index in [1.807, 2.05) is 6.07 Å². The van der Waals surface area contributed by atoms with Crippen molar-refractivity contribution in [1.82, 2.24) is 20.1 Å². The number of para-hydroxylation sites is 1. The van der Waals surface area contributed by atoms with Gasteiger partial charge in [-0.05, 0) is 49.2 Å². The Balaban J connectivity index is 1.43. The van der Waals surface area contributed by atoms with Gasteiger partial charge in [-0.25, -0.2) is 0 Å². The fourth-order valence-electron chi connectivity index (χ4n) is 3.60. The molecule has 1 aliphatic rings. The van der Waals surface area contributed by atoms with Gasteiger partial charge < -0.3 is 15.2 Å². The molecule has 4 rings (SSSR count). The molecule has 0 saturated heterocycles. The van der Waals surface area contributed by atoms with Crippen LogP contribution < -0.4 is 10.6 Å². The standard InChI is InChI=1S/C22H23F2N5OS/c23-22(24)31-16-11-9-15(10-12-16)26-18-7-4-3-6-17(18)21(30)25-14-20-28-27-19-8-2-1-5-13-29(19)20/h3-4,6-7,9-12,22,26H,1-2,5,8,13-14H2,(H,25,30). The van der Waals surface area contributed by atoms with E-state index in [1.165, 1.54) is 6.42 Å². The van der Waals surface area contributed by atoms with Crippen LogP contribution in [0.2, 0.25) is 0 Å². The molecule has 0 atom stereocenters. The maximum atomic E-state index is 12.9. The van der Waals surface area contributed by atoms with E-state index in [0.29, 0.717) is 40.1 Å². The molecule has 162 valence electrons. The molecule has 3 aromatic rings. The van der Waals surface area contributed by atoms with Crippen LogP contribution in [-0.2, 0) is 19.5 Å². The first kappa shape index (κ1) is 21.3. The van der Waals surface area contributed by atoms with Crippen LogP contribution in [0.15, 0.2) is 53.4 Å². The number of fused-ring (bicyclic) bond motifs is 1. The molecule has 9 heteroatoms. The summed E-state index contributed by atoms with van der Waals surface area (Å²) in [5.74, 6) is -0.928. The van der Waals surface area contributed by atoms with Crippen molar-refractivity contribution < 1.29 is 13.6 Å². The summed E-state index contributed by atoms with van der Waals surface area (Å²) in [6, 6.07) is 13.8. The van der Waals surface area contributed by atoms with Gasteiger partial charge in [0.1, 0.15) is 5.82 Å². The lowest BCUT2D eigenvalue weighted by Crippen LogP contribution is -2.25. The Hall–Kier alpha value is -2.94. The zero-order valence-corrected chi connectivity index (χ0v) is 17.7. The quantitative estimate of drug-likeness (QED) is 0.503. The third-order valence-electron chi connectivity index (χ3n) is 5.12. The molecule has 0 aliphatic carbocycles. The van der Waals surface area contributed by atoms with Crippen LogP contribution in [0.25, 0.3) is 0 Å². The monoisotopic (exact) mass is 443 g/mol.